The highest BCUT2D eigenvalue weighted by molar-refractivity contribution is 7.13. The molecule has 7 heteroatoms. The van der Waals surface area contributed by atoms with Gasteiger partial charge in [0, 0.05) is 55.0 Å². The first-order chi connectivity index (χ1) is 16.1. The van der Waals surface area contributed by atoms with Crippen molar-refractivity contribution in [2.45, 2.75) is 26.8 Å². The molecule has 1 fully saturated rings. The number of benzene rings is 2. The number of ether oxygens (including phenoxy) is 1. The van der Waals surface area contributed by atoms with E-state index in [1.54, 1.807) is 11.3 Å². The van der Waals surface area contributed by atoms with E-state index in [-0.39, 0.29) is 12.3 Å². The summed E-state index contributed by atoms with van der Waals surface area (Å²) in [7, 11) is 0. The number of amides is 1. The summed E-state index contributed by atoms with van der Waals surface area (Å²) in [4.78, 5) is 21.9. The summed E-state index contributed by atoms with van der Waals surface area (Å²) < 4.78 is 5.42. The predicted octanol–water partition coefficient (Wildman–Crippen LogP) is 4.67. The molecule has 0 unspecified atom stereocenters. The van der Waals surface area contributed by atoms with Crippen LogP contribution < -0.4 is 10.2 Å². The lowest BCUT2D eigenvalue weighted by Gasteiger charge is -2.26. The van der Waals surface area contributed by atoms with Crippen molar-refractivity contribution in [3.8, 4) is 10.6 Å². The molecule has 3 aromatic rings. The second kappa shape index (κ2) is 11.4. The largest absolute Gasteiger partial charge is 0.379 e. The Morgan fingerprint density at radius 1 is 1.06 bits per heavy atom. The van der Waals surface area contributed by atoms with Crippen LogP contribution in [0.4, 0.5) is 11.4 Å². The lowest BCUT2D eigenvalue weighted by molar-refractivity contribution is -0.115. The molecule has 0 bridgehead atoms. The molecule has 0 atom stereocenters. The number of thiazole rings is 1. The van der Waals surface area contributed by atoms with Crippen LogP contribution in [0, 0.1) is 0 Å². The van der Waals surface area contributed by atoms with E-state index >= 15 is 0 Å². The van der Waals surface area contributed by atoms with Crippen molar-refractivity contribution >= 4 is 28.6 Å². The zero-order chi connectivity index (χ0) is 23.0. The number of morpholine rings is 1. The monoisotopic (exact) mass is 464 g/mol. The SMILES string of the molecule is CCN(CC)c1ccc(NC(=O)Cc2csc(-c3ccc(CN4CCOCC4)cc3)n2)cc1. The zero-order valence-electron chi connectivity index (χ0n) is 19.4. The first kappa shape index (κ1) is 23.4. The van der Waals surface area contributed by atoms with Crippen LogP contribution in [0.5, 0.6) is 0 Å². The summed E-state index contributed by atoms with van der Waals surface area (Å²) in [6, 6.07) is 16.6. The van der Waals surface area contributed by atoms with E-state index < -0.39 is 0 Å². The van der Waals surface area contributed by atoms with Gasteiger partial charge in [0.2, 0.25) is 5.91 Å². The number of nitrogens with zero attached hydrogens (tertiary/aromatic N) is 3. The minimum Gasteiger partial charge on any atom is -0.379 e. The lowest BCUT2D eigenvalue weighted by atomic mass is 10.1. The molecular weight excluding hydrogens is 432 g/mol. The quantitative estimate of drug-likeness (QED) is 0.499. The molecule has 174 valence electrons. The summed E-state index contributed by atoms with van der Waals surface area (Å²) in [6.45, 7) is 10.8. The van der Waals surface area contributed by atoms with E-state index in [2.05, 4.69) is 53.2 Å². The number of hydrogen-bond acceptors (Lipinski definition) is 6. The number of aromatic nitrogens is 1. The highest BCUT2D eigenvalue weighted by atomic mass is 32.1. The smallest absolute Gasteiger partial charge is 0.230 e. The number of nitrogens with one attached hydrogen (secondary N) is 1. The Bertz CT molecular complexity index is 1020. The molecule has 0 saturated carbocycles. The second-order valence-electron chi connectivity index (χ2n) is 8.17. The molecule has 33 heavy (non-hydrogen) atoms. The van der Waals surface area contributed by atoms with Gasteiger partial charge >= 0.3 is 0 Å². The molecule has 2 heterocycles. The van der Waals surface area contributed by atoms with Crippen molar-refractivity contribution in [3.05, 3.63) is 65.2 Å². The molecule has 1 N–H and O–H groups in total. The van der Waals surface area contributed by atoms with Crippen molar-refractivity contribution in [1.82, 2.24) is 9.88 Å². The van der Waals surface area contributed by atoms with Crippen molar-refractivity contribution in [2.24, 2.45) is 0 Å². The lowest BCUT2D eigenvalue weighted by Crippen LogP contribution is -2.35. The Morgan fingerprint density at radius 3 is 2.42 bits per heavy atom. The Labute approximate surface area is 200 Å². The summed E-state index contributed by atoms with van der Waals surface area (Å²) >= 11 is 1.58. The maximum absolute atomic E-state index is 12.5. The van der Waals surface area contributed by atoms with Gasteiger partial charge in [0.05, 0.1) is 25.3 Å². The van der Waals surface area contributed by atoms with Crippen LogP contribution in [0.15, 0.2) is 53.9 Å². The van der Waals surface area contributed by atoms with Gasteiger partial charge in [0.25, 0.3) is 0 Å². The van der Waals surface area contributed by atoms with Crippen LogP contribution in [-0.2, 0) is 22.5 Å². The third-order valence-electron chi connectivity index (χ3n) is 5.88. The summed E-state index contributed by atoms with van der Waals surface area (Å²) in [5, 5.41) is 5.90. The minimum absolute atomic E-state index is 0.0525. The number of anilines is 2. The van der Waals surface area contributed by atoms with E-state index in [0.717, 1.165) is 73.6 Å². The van der Waals surface area contributed by atoms with Gasteiger partial charge in [-0.15, -0.1) is 11.3 Å². The Kier molecular flexibility index (Phi) is 8.10. The molecule has 2 aromatic carbocycles. The number of carbonyl (C=O) groups excluding carboxylic acids is 1. The Hall–Kier alpha value is -2.74. The standard InChI is InChI=1S/C26H32N4O2S/c1-3-30(4-2)24-11-9-22(10-12-24)27-25(31)17-23-19-33-26(28-23)21-7-5-20(6-8-21)18-29-13-15-32-16-14-29/h5-12,19H,3-4,13-18H2,1-2H3,(H,27,31). The van der Waals surface area contributed by atoms with Crippen LogP contribution in [-0.4, -0.2) is 55.2 Å². The van der Waals surface area contributed by atoms with Gasteiger partial charge in [-0.25, -0.2) is 4.98 Å². The van der Waals surface area contributed by atoms with E-state index in [4.69, 9.17) is 9.72 Å². The van der Waals surface area contributed by atoms with Crippen LogP contribution in [0.2, 0.25) is 0 Å². The molecule has 0 radical (unpaired) electrons. The number of hydrogen-bond donors (Lipinski definition) is 1. The van der Waals surface area contributed by atoms with Gasteiger partial charge in [-0.3, -0.25) is 9.69 Å². The van der Waals surface area contributed by atoms with E-state index in [0.29, 0.717) is 0 Å². The molecule has 0 spiro atoms. The van der Waals surface area contributed by atoms with Crippen molar-refractivity contribution in [3.63, 3.8) is 0 Å². The van der Waals surface area contributed by atoms with E-state index in [1.165, 1.54) is 5.56 Å². The highest BCUT2D eigenvalue weighted by Gasteiger charge is 2.12. The maximum Gasteiger partial charge on any atom is 0.230 e. The fourth-order valence-corrected chi connectivity index (χ4v) is 4.83. The van der Waals surface area contributed by atoms with Crippen molar-refractivity contribution in [1.29, 1.82) is 0 Å². The molecule has 1 aliphatic heterocycles. The number of rotatable bonds is 9. The van der Waals surface area contributed by atoms with Crippen molar-refractivity contribution in [2.75, 3.05) is 49.6 Å². The topological polar surface area (TPSA) is 57.7 Å². The van der Waals surface area contributed by atoms with Crippen LogP contribution >= 0.6 is 11.3 Å². The average molecular weight is 465 g/mol. The molecule has 1 aliphatic rings. The van der Waals surface area contributed by atoms with Crippen LogP contribution in [0.3, 0.4) is 0 Å². The summed E-state index contributed by atoms with van der Waals surface area (Å²) in [5.41, 5.74) is 5.15. The zero-order valence-corrected chi connectivity index (χ0v) is 20.2. The van der Waals surface area contributed by atoms with E-state index in [9.17, 15) is 4.79 Å². The van der Waals surface area contributed by atoms with Crippen LogP contribution in [0.25, 0.3) is 10.6 Å². The van der Waals surface area contributed by atoms with Gasteiger partial charge in [-0.05, 0) is 43.7 Å². The maximum atomic E-state index is 12.5. The first-order valence-corrected chi connectivity index (χ1v) is 12.5. The van der Waals surface area contributed by atoms with Gasteiger partial charge in [0.15, 0.2) is 0 Å². The average Bonchev–Trinajstić information content (AvgIpc) is 3.30. The highest BCUT2D eigenvalue weighted by Crippen LogP contribution is 2.25. The second-order valence-corrected chi connectivity index (χ2v) is 9.03. The third-order valence-corrected chi connectivity index (χ3v) is 6.82. The number of carbonyl (C=O) groups is 1. The normalized spacial score (nSPS) is 14.2. The van der Waals surface area contributed by atoms with Crippen molar-refractivity contribution < 1.29 is 9.53 Å². The fourth-order valence-electron chi connectivity index (χ4n) is 4.00. The first-order valence-electron chi connectivity index (χ1n) is 11.6. The molecule has 0 aliphatic carbocycles. The summed E-state index contributed by atoms with van der Waals surface area (Å²) in [5.74, 6) is -0.0525. The fraction of sp³-hybridized carbons (Fsp3) is 0.385. The van der Waals surface area contributed by atoms with Gasteiger partial charge < -0.3 is 15.0 Å². The summed E-state index contributed by atoms with van der Waals surface area (Å²) in [6.07, 6.45) is 0.267. The Balaban J connectivity index is 1.31. The minimum atomic E-state index is -0.0525. The van der Waals surface area contributed by atoms with Gasteiger partial charge in [-0.1, -0.05) is 24.3 Å². The molecule has 1 saturated heterocycles. The Morgan fingerprint density at radius 2 is 1.76 bits per heavy atom. The van der Waals surface area contributed by atoms with Gasteiger partial charge in [0.1, 0.15) is 5.01 Å². The molecular formula is C26H32N4O2S. The molecule has 6 nitrogen and oxygen atoms in total. The van der Waals surface area contributed by atoms with E-state index in [1.807, 2.05) is 29.6 Å². The molecule has 1 aromatic heterocycles. The third kappa shape index (κ3) is 6.41. The molecule has 1 amide bonds. The van der Waals surface area contributed by atoms with Gasteiger partial charge in [-0.2, -0.15) is 0 Å². The molecule has 4 rings (SSSR count). The predicted molar refractivity (Wildman–Crippen MR) is 136 cm³/mol. The van der Waals surface area contributed by atoms with Crippen LogP contribution in [0.1, 0.15) is 25.1 Å².